The Morgan fingerprint density at radius 3 is 2.84 bits per heavy atom. The standard InChI is InChI=1S/C15H21N3S/c1-13(12-19-2)8-16-9-14-10-17-18(11-14)15-6-4-3-5-7-15/h3-7,10-11,13,16H,8-9,12H2,1-2H3. The number of rotatable bonds is 7. The van der Waals surface area contributed by atoms with Crippen molar-refractivity contribution in [2.75, 3.05) is 18.6 Å². The van der Waals surface area contributed by atoms with Crippen LogP contribution in [0.3, 0.4) is 0 Å². The van der Waals surface area contributed by atoms with E-state index >= 15 is 0 Å². The number of aromatic nitrogens is 2. The first-order chi connectivity index (χ1) is 9.29. The van der Waals surface area contributed by atoms with Crippen LogP contribution in [-0.4, -0.2) is 28.3 Å². The maximum absolute atomic E-state index is 4.39. The largest absolute Gasteiger partial charge is 0.312 e. The summed E-state index contributed by atoms with van der Waals surface area (Å²) in [5.41, 5.74) is 2.32. The molecular formula is C15H21N3S. The number of hydrogen-bond acceptors (Lipinski definition) is 3. The number of thioether (sulfide) groups is 1. The Bertz CT molecular complexity index is 481. The van der Waals surface area contributed by atoms with Gasteiger partial charge in [-0.2, -0.15) is 16.9 Å². The van der Waals surface area contributed by atoms with E-state index in [1.807, 2.05) is 40.8 Å². The number of nitrogens with zero attached hydrogens (tertiary/aromatic N) is 2. The molecule has 1 atom stereocenters. The van der Waals surface area contributed by atoms with Crippen molar-refractivity contribution in [3.05, 3.63) is 48.3 Å². The summed E-state index contributed by atoms with van der Waals surface area (Å²) in [5, 5.41) is 7.88. The summed E-state index contributed by atoms with van der Waals surface area (Å²) < 4.78 is 1.92. The second kappa shape index (κ2) is 7.36. The van der Waals surface area contributed by atoms with Gasteiger partial charge in [0.1, 0.15) is 0 Å². The molecule has 0 saturated heterocycles. The van der Waals surface area contributed by atoms with E-state index in [2.05, 4.69) is 41.9 Å². The molecule has 0 radical (unpaired) electrons. The van der Waals surface area contributed by atoms with Gasteiger partial charge in [0.05, 0.1) is 11.9 Å². The van der Waals surface area contributed by atoms with Crippen LogP contribution >= 0.6 is 11.8 Å². The zero-order chi connectivity index (χ0) is 13.5. The molecule has 0 bridgehead atoms. The Labute approximate surface area is 119 Å². The van der Waals surface area contributed by atoms with Crippen LogP contribution in [-0.2, 0) is 6.54 Å². The van der Waals surface area contributed by atoms with Crippen LogP contribution in [0.5, 0.6) is 0 Å². The molecule has 2 aromatic rings. The molecule has 19 heavy (non-hydrogen) atoms. The first-order valence-corrected chi connectivity index (χ1v) is 7.97. The van der Waals surface area contributed by atoms with Gasteiger partial charge in [-0.1, -0.05) is 25.1 Å². The second-order valence-corrected chi connectivity index (χ2v) is 5.73. The molecule has 1 aromatic carbocycles. The Kier molecular flexibility index (Phi) is 5.48. The van der Waals surface area contributed by atoms with Crippen molar-refractivity contribution in [3.8, 4) is 5.69 Å². The highest BCUT2D eigenvalue weighted by atomic mass is 32.2. The predicted octanol–water partition coefficient (Wildman–Crippen LogP) is 2.96. The monoisotopic (exact) mass is 275 g/mol. The highest BCUT2D eigenvalue weighted by Crippen LogP contribution is 2.08. The Balaban J connectivity index is 1.85. The van der Waals surface area contributed by atoms with E-state index < -0.39 is 0 Å². The minimum absolute atomic E-state index is 0.708. The zero-order valence-electron chi connectivity index (χ0n) is 11.5. The van der Waals surface area contributed by atoms with Gasteiger partial charge in [-0.3, -0.25) is 0 Å². The van der Waals surface area contributed by atoms with Gasteiger partial charge in [-0.05, 0) is 36.6 Å². The van der Waals surface area contributed by atoms with Crippen LogP contribution in [0.4, 0.5) is 0 Å². The van der Waals surface area contributed by atoms with Crippen LogP contribution < -0.4 is 5.32 Å². The first kappa shape index (κ1) is 14.2. The third-order valence-electron chi connectivity index (χ3n) is 2.93. The number of nitrogens with one attached hydrogen (secondary N) is 1. The fraction of sp³-hybridized carbons (Fsp3) is 0.400. The maximum Gasteiger partial charge on any atom is 0.0645 e. The van der Waals surface area contributed by atoms with E-state index in [0.29, 0.717) is 5.92 Å². The first-order valence-electron chi connectivity index (χ1n) is 6.58. The van der Waals surface area contributed by atoms with Crippen molar-refractivity contribution in [1.82, 2.24) is 15.1 Å². The Morgan fingerprint density at radius 1 is 1.32 bits per heavy atom. The van der Waals surface area contributed by atoms with Crippen molar-refractivity contribution in [3.63, 3.8) is 0 Å². The maximum atomic E-state index is 4.39. The lowest BCUT2D eigenvalue weighted by molar-refractivity contribution is 0.559. The van der Waals surface area contributed by atoms with Crippen molar-refractivity contribution >= 4 is 11.8 Å². The highest BCUT2D eigenvalue weighted by Gasteiger charge is 2.03. The summed E-state index contributed by atoms with van der Waals surface area (Å²) in [5.74, 6) is 1.91. The molecule has 2 rings (SSSR count). The third kappa shape index (κ3) is 4.40. The molecule has 0 spiro atoms. The van der Waals surface area contributed by atoms with Gasteiger partial charge in [0.15, 0.2) is 0 Å². The molecule has 0 amide bonds. The van der Waals surface area contributed by atoms with E-state index in [1.54, 1.807) is 0 Å². The van der Waals surface area contributed by atoms with Gasteiger partial charge in [0.2, 0.25) is 0 Å². The molecule has 0 saturated carbocycles. The average molecular weight is 275 g/mol. The lowest BCUT2D eigenvalue weighted by Gasteiger charge is -2.09. The van der Waals surface area contributed by atoms with E-state index in [1.165, 1.54) is 11.3 Å². The molecule has 1 heterocycles. The van der Waals surface area contributed by atoms with Crippen LogP contribution in [0, 0.1) is 5.92 Å². The average Bonchev–Trinajstić information content (AvgIpc) is 2.89. The molecule has 1 unspecified atom stereocenters. The van der Waals surface area contributed by atoms with Gasteiger partial charge >= 0.3 is 0 Å². The van der Waals surface area contributed by atoms with Crippen LogP contribution in [0.1, 0.15) is 12.5 Å². The SMILES string of the molecule is CSCC(C)CNCc1cnn(-c2ccccc2)c1. The molecule has 0 aliphatic heterocycles. The Hall–Kier alpha value is -1.26. The van der Waals surface area contributed by atoms with E-state index in [0.717, 1.165) is 18.8 Å². The molecule has 1 N–H and O–H groups in total. The van der Waals surface area contributed by atoms with E-state index in [4.69, 9.17) is 0 Å². The smallest absolute Gasteiger partial charge is 0.0645 e. The van der Waals surface area contributed by atoms with Gasteiger partial charge in [0, 0.05) is 18.3 Å². The third-order valence-corrected chi connectivity index (χ3v) is 3.83. The summed E-state index contributed by atoms with van der Waals surface area (Å²) in [6.07, 6.45) is 6.17. The quantitative estimate of drug-likeness (QED) is 0.842. The van der Waals surface area contributed by atoms with Crippen molar-refractivity contribution in [1.29, 1.82) is 0 Å². The second-order valence-electron chi connectivity index (χ2n) is 4.82. The summed E-state index contributed by atoms with van der Waals surface area (Å²) in [6, 6.07) is 10.2. The highest BCUT2D eigenvalue weighted by molar-refractivity contribution is 7.98. The van der Waals surface area contributed by atoms with Crippen molar-refractivity contribution < 1.29 is 0 Å². The normalized spacial score (nSPS) is 12.5. The number of hydrogen-bond donors (Lipinski definition) is 1. The van der Waals surface area contributed by atoms with E-state index in [9.17, 15) is 0 Å². The molecule has 102 valence electrons. The number of benzene rings is 1. The van der Waals surface area contributed by atoms with Gasteiger partial charge in [-0.15, -0.1) is 0 Å². The summed E-state index contributed by atoms with van der Waals surface area (Å²) in [7, 11) is 0. The van der Waals surface area contributed by atoms with Gasteiger partial charge in [-0.25, -0.2) is 4.68 Å². The van der Waals surface area contributed by atoms with E-state index in [-0.39, 0.29) is 0 Å². The molecule has 3 nitrogen and oxygen atoms in total. The predicted molar refractivity (Wildman–Crippen MR) is 82.8 cm³/mol. The molecule has 1 aromatic heterocycles. The topological polar surface area (TPSA) is 29.9 Å². The van der Waals surface area contributed by atoms with Gasteiger partial charge in [0.25, 0.3) is 0 Å². The molecule has 0 aliphatic rings. The van der Waals surface area contributed by atoms with Crippen molar-refractivity contribution in [2.24, 2.45) is 5.92 Å². The summed E-state index contributed by atoms with van der Waals surface area (Å²) >= 11 is 1.90. The minimum atomic E-state index is 0.708. The minimum Gasteiger partial charge on any atom is -0.312 e. The fourth-order valence-corrected chi connectivity index (χ4v) is 2.67. The van der Waals surface area contributed by atoms with Crippen LogP contribution in [0.25, 0.3) is 5.69 Å². The van der Waals surface area contributed by atoms with Crippen LogP contribution in [0.2, 0.25) is 0 Å². The fourth-order valence-electron chi connectivity index (χ4n) is 1.98. The molecule has 0 fully saturated rings. The summed E-state index contributed by atoms with van der Waals surface area (Å²) in [6.45, 7) is 4.21. The summed E-state index contributed by atoms with van der Waals surface area (Å²) in [4.78, 5) is 0. The number of para-hydroxylation sites is 1. The zero-order valence-corrected chi connectivity index (χ0v) is 12.4. The van der Waals surface area contributed by atoms with Crippen LogP contribution in [0.15, 0.2) is 42.7 Å². The lowest BCUT2D eigenvalue weighted by Crippen LogP contribution is -2.21. The Morgan fingerprint density at radius 2 is 2.11 bits per heavy atom. The molecular weight excluding hydrogens is 254 g/mol. The molecule has 4 heteroatoms. The lowest BCUT2D eigenvalue weighted by atomic mass is 10.2. The molecule has 0 aliphatic carbocycles. The van der Waals surface area contributed by atoms with Gasteiger partial charge < -0.3 is 5.32 Å². The van der Waals surface area contributed by atoms with Crippen molar-refractivity contribution in [2.45, 2.75) is 13.5 Å².